The van der Waals surface area contributed by atoms with Gasteiger partial charge in [-0.1, -0.05) is 17.7 Å². The summed E-state index contributed by atoms with van der Waals surface area (Å²) < 4.78 is 13.2. The molecule has 0 bridgehead atoms. The number of rotatable bonds is 3. The van der Waals surface area contributed by atoms with Gasteiger partial charge in [0.15, 0.2) is 0 Å². The van der Waals surface area contributed by atoms with Gasteiger partial charge in [-0.25, -0.2) is 4.98 Å². The Labute approximate surface area is 174 Å². The highest BCUT2D eigenvalue weighted by molar-refractivity contribution is 6.30. The van der Waals surface area contributed by atoms with Crippen molar-refractivity contribution in [1.82, 2.24) is 4.98 Å². The molecule has 2 heterocycles. The van der Waals surface area contributed by atoms with Gasteiger partial charge in [-0.15, -0.1) is 0 Å². The SMILES string of the molecule is CC(=O)N1c2ccc(-c3ccc(F)nc3)cc2[C@@H](Nc2ccc(Cl)cc2)C[C@H]1C. The lowest BCUT2D eigenvalue weighted by Gasteiger charge is -2.39. The highest BCUT2D eigenvalue weighted by atomic mass is 35.5. The second-order valence-corrected chi connectivity index (χ2v) is 7.76. The average Bonchev–Trinajstić information content (AvgIpc) is 2.70. The normalized spacial score (nSPS) is 18.3. The smallest absolute Gasteiger partial charge is 0.224 e. The summed E-state index contributed by atoms with van der Waals surface area (Å²) in [6.45, 7) is 3.64. The van der Waals surface area contributed by atoms with E-state index in [1.54, 1.807) is 13.0 Å². The molecule has 3 aromatic rings. The number of fused-ring (bicyclic) bond motifs is 1. The van der Waals surface area contributed by atoms with Crippen molar-refractivity contribution in [2.24, 2.45) is 0 Å². The fourth-order valence-electron chi connectivity index (χ4n) is 3.95. The maximum atomic E-state index is 13.2. The van der Waals surface area contributed by atoms with E-state index in [-0.39, 0.29) is 18.0 Å². The summed E-state index contributed by atoms with van der Waals surface area (Å²) in [6.07, 6.45) is 2.28. The summed E-state index contributed by atoms with van der Waals surface area (Å²) in [4.78, 5) is 17.9. The number of pyridine rings is 1. The predicted octanol–water partition coefficient (Wildman–Crippen LogP) is 5.84. The van der Waals surface area contributed by atoms with Crippen LogP contribution in [-0.2, 0) is 4.79 Å². The zero-order valence-corrected chi connectivity index (χ0v) is 16.9. The standard InChI is InChI=1S/C23H21ClFN3O/c1-14-11-21(27-19-7-5-18(24)6-8-19)20-12-16(17-4-10-23(25)26-13-17)3-9-22(20)28(14)15(2)29/h3-10,12-14,21,27H,11H2,1-2H3/t14-,21+/m1/s1. The van der Waals surface area contributed by atoms with Crippen LogP contribution in [0, 0.1) is 5.95 Å². The summed E-state index contributed by atoms with van der Waals surface area (Å²) >= 11 is 6.01. The molecule has 1 amide bonds. The van der Waals surface area contributed by atoms with Crippen LogP contribution in [0.2, 0.25) is 5.02 Å². The van der Waals surface area contributed by atoms with Crippen LogP contribution in [0.4, 0.5) is 15.8 Å². The Kier molecular flexibility index (Phi) is 5.24. The molecule has 0 radical (unpaired) electrons. The molecule has 0 spiro atoms. The number of anilines is 2. The van der Waals surface area contributed by atoms with Crippen LogP contribution in [-0.4, -0.2) is 16.9 Å². The predicted molar refractivity (Wildman–Crippen MR) is 115 cm³/mol. The Hall–Kier alpha value is -2.92. The van der Waals surface area contributed by atoms with E-state index >= 15 is 0 Å². The van der Waals surface area contributed by atoms with E-state index in [0.717, 1.165) is 34.5 Å². The third-order valence-electron chi connectivity index (χ3n) is 5.27. The molecule has 148 valence electrons. The lowest BCUT2D eigenvalue weighted by atomic mass is 9.89. The van der Waals surface area contributed by atoms with Crippen molar-refractivity contribution in [3.63, 3.8) is 0 Å². The van der Waals surface area contributed by atoms with Crippen molar-refractivity contribution in [3.8, 4) is 11.1 Å². The molecule has 1 aromatic heterocycles. The van der Waals surface area contributed by atoms with Gasteiger partial charge in [-0.3, -0.25) is 4.79 Å². The quantitative estimate of drug-likeness (QED) is 0.553. The first-order valence-corrected chi connectivity index (χ1v) is 9.88. The van der Waals surface area contributed by atoms with Crippen molar-refractivity contribution in [2.45, 2.75) is 32.4 Å². The molecule has 4 nitrogen and oxygen atoms in total. The minimum absolute atomic E-state index is 0.0138. The summed E-state index contributed by atoms with van der Waals surface area (Å²) in [5, 5.41) is 4.25. The van der Waals surface area contributed by atoms with E-state index in [4.69, 9.17) is 11.6 Å². The van der Waals surface area contributed by atoms with Crippen molar-refractivity contribution in [3.05, 3.63) is 77.3 Å². The first kappa shape index (κ1) is 19.4. The van der Waals surface area contributed by atoms with Gasteiger partial charge in [0, 0.05) is 41.1 Å². The molecule has 1 aliphatic rings. The van der Waals surface area contributed by atoms with E-state index in [1.807, 2.05) is 41.3 Å². The first-order chi connectivity index (χ1) is 13.9. The summed E-state index contributed by atoms with van der Waals surface area (Å²) in [5.74, 6) is -0.495. The minimum atomic E-state index is -0.509. The maximum absolute atomic E-state index is 13.2. The van der Waals surface area contributed by atoms with Gasteiger partial charge < -0.3 is 10.2 Å². The number of carbonyl (C=O) groups is 1. The van der Waals surface area contributed by atoms with Gasteiger partial charge in [-0.2, -0.15) is 4.39 Å². The van der Waals surface area contributed by atoms with Gasteiger partial charge >= 0.3 is 0 Å². The van der Waals surface area contributed by atoms with Gasteiger partial charge in [-0.05, 0) is 73.0 Å². The van der Waals surface area contributed by atoms with Crippen LogP contribution >= 0.6 is 11.6 Å². The molecule has 0 aliphatic carbocycles. The molecule has 0 saturated heterocycles. The largest absolute Gasteiger partial charge is 0.378 e. The molecule has 0 saturated carbocycles. The monoisotopic (exact) mass is 409 g/mol. The lowest BCUT2D eigenvalue weighted by molar-refractivity contribution is -0.117. The van der Waals surface area contributed by atoms with Gasteiger partial charge in [0.1, 0.15) is 0 Å². The number of amides is 1. The Balaban J connectivity index is 1.77. The molecule has 6 heteroatoms. The maximum Gasteiger partial charge on any atom is 0.224 e. The molecule has 0 unspecified atom stereocenters. The second-order valence-electron chi connectivity index (χ2n) is 7.32. The minimum Gasteiger partial charge on any atom is -0.378 e. The van der Waals surface area contributed by atoms with E-state index in [2.05, 4.69) is 23.3 Å². The number of nitrogens with one attached hydrogen (secondary N) is 1. The number of hydrogen-bond acceptors (Lipinski definition) is 3. The second kappa shape index (κ2) is 7.84. The third-order valence-corrected chi connectivity index (χ3v) is 5.52. The van der Waals surface area contributed by atoms with Gasteiger partial charge in [0.2, 0.25) is 11.9 Å². The third kappa shape index (κ3) is 3.96. The zero-order chi connectivity index (χ0) is 20.5. The number of nitrogens with zero attached hydrogens (tertiary/aromatic N) is 2. The summed E-state index contributed by atoms with van der Waals surface area (Å²) in [5.41, 5.74) is 4.63. The van der Waals surface area contributed by atoms with Crippen LogP contribution in [0.25, 0.3) is 11.1 Å². The number of aromatic nitrogens is 1. The summed E-state index contributed by atoms with van der Waals surface area (Å²) in [7, 11) is 0. The van der Waals surface area contributed by atoms with Crippen molar-refractivity contribution < 1.29 is 9.18 Å². The lowest BCUT2D eigenvalue weighted by Crippen LogP contribution is -2.43. The van der Waals surface area contributed by atoms with Crippen LogP contribution in [0.15, 0.2) is 60.8 Å². The topological polar surface area (TPSA) is 45.2 Å². The van der Waals surface area contributed by atoms with Crippen molar-refractivity contribution in [1.29, 1.82) is 0 Å². The van der Waals surface area contributed by atoms with E-state index < -0.39 is 5.95 Å². The zero-order valence-electron chi connectivity index (χ0n) is 16.2. The molecule has 0 fully saturated rings. The fourth-order valence-corrected chi connectivity index (χ4v) is 4.08. The number of benzene rings is 2. The summed E-state index contributed by atoms with van der Waals surface area (Å²) in [6, 6.07) is 16.7. The van der Waals surface area contributed by atoms with Crippen molar-refractivity contribution >= 4 is 28.9 Å². The van der Waals surface area contributed by atoms with E-state index in [9.17, 15) is 9.18 Å². The Bertz CT molecular complexity index is 1040. The fraction of sp³-hybridized carbons (Fsp3) is 0.217. The van der Waals surface area contributed by atoms with Gasteiger partial charge in [0.25, 0.3) is 0 Å². The molecule has 2 aromatic carbocycles. The molecule has 4 rings (SSSR count). The van der Waals surface area contributed by atoms with E-state index in [0.29, 0.717) is 5.02 Å². The number of hydrogen-bond donors (Lipinski definition) is 1. The molecular weight excluding hydrogens is 389 g/mol. The van der Waals surface area contributed by atoms with Crippen LogP contribution in [0.3, 0.4) is 0 Å². The van der Waals surface area contributed by atoms with Crippen LogP contribution in [0.5, 0.6) is 0 Å². The molecule has 29 heavy (non-hydrogen) atoms. The number of halogens is 2. The number of carbonyl (C=O) groups excluding carboxylic acids is 1. The average molecular weight is 410 g/mol. The Morgan fingerprint density at radius 1 is 1.14 bits per heavy atom. The first-order valence-electron chi connectivity index (χ1n) is 9.50. The molecular formula is C23H21ClFN3O. The van der Waals surface area contributed by atoms with E-state index in [1.165, 1.54) is 12.3 Å². The highest BCUT2D eigenvalue weighted by Gasteiger charge is 2.32. The Morgan fingerprint density at radius 2 is 1.86 bits per heavy atom. The van der Waals surface area contributed by atoms with Crippen LogP contribution < -0.4 is 10.2 Å². The van der Waals surface area contributed by atoms with Crippen LogP contribution in [0.1, 0.15) is 31.9 Å². The molecule has 1 aliphatic heterocycles. The van der Waals surface area contributed by atoms with Crippen molar-refractivity contribution in [2.75, 3.05) is 10.2 Å². The highest BCUT2D eigenvalue weighted by Crippen LogP contribution is 2.41. The van der Waals surface area contributed by atoms with Gasteiger partial charge in [0.05, 0.1) is 6.04 Å². The molecule has 2 atom stereocenters. The Morgan fingerprint density at radius 3 is 2.52 bits per heavy atom. The molecule has 1 N–H and O–H groups in total.